The number of halogens is 1. The van der Waals surface area contributed by atoms with Gasteiger partial charge < -0.3 is 15.6 Å². The molecule has 3 heterocycles. The SMILES string of the molecule is O=C(NCCc1c[nH]c2ccc(F)cc12)c1csc(C2CCNCC2)n1. The number of fused-ring (bicyclic) bond motifs is 1. The molecule has 0 spiro atoms. The third kappa shape index (κ3) is 3.64. The Hall–Kier alpha value is -2.25. The Balaban J connectivity index is 1.35. The predicted molar refractivity (Wildman–Crippen MR) is 101 cm³/mol. The van der Waals surface area contributed by atoms with E-state index in [0.717, 1.165) is 47.4 Å². The third-order valence-corrected chi connectivity index (χ3v) is 5.86. The topological polar surface area (TPSA) is 69.8 Å². The summed E-state index contributed by atoms with van der Waals surface area (Å²) in [6, 6.07) is 4.69. The number of amides is 1. The first-order valence-corrected chi connectivity index (χ1v) is 9.78. The van der Waals surface area contributed by atoms with E-state index in [-0.39, 0.29) is 11.7 Å². The van der Waals surface area contributed by atoms with Gasteiger partial charge in [0.2, 0.25) is 0 Å². The molecule has 3 N–H and O–H groups in total. The first-order chi connectivity index (χ1) is 12.7. The number of benzene rings is 1. The molecule has 1 fully saturated rings. The second-order valence-corrected chi connectivity index (χ2v) is 7.49. The normalized spacial score (nSPS) is 15.4. The standard InChI is InChI=1S/C19H21FN4OS/c20-14-1-2-16-15(9-14)13(10-23-16)5-8-22-18(25)17-11-26-19(24-17)12-3-6-21-7-4-12/h1-2,9-12,21,23H,3-8H2,(H,22,25). The molecule has 1 aliphatic rings. The lowest BCUT2D eigenvalue weighted by molar-refractivity contribution is 0.0949. The summed E-state index contributed by atoms with van der Waals surface area (Å²) in [5.41, 5.74) is 2.39. The molecule has 0 atom stereocenters. The van der Waals surface area contributed by atoms with Crippen LogP contribution in [0.15, 0.2) is 29.8 Å². The highest BCUT2D eigenvalue weighted by Crippen LogP contribution is 2.27. The van der Waals surface area contributed by atoms with Gasteiger partial charge in [0.15, 0.2) is 0 Å². The van der Waals surface area contributed by atoms with E-state index in [2.05, 4.69) is 20.6 Å². The molecule has 7 heteroatoms. The van der Waals surface area contributed by atoms with Gasteiger partial charge in [0, 0.05) is 34.9 Å². The summed E-state index contributed by atoms with van der Waals surface area (Å²) in [5.74, 6) is 0.0617. The number of H-pyrrole nitrogens is 1. The van der Waals surface area contributed by atoms with E-state index in [1.807, 2.05) is 11.6 Å². The second-order valence-electron chi connectivity index (χ2n) is 6.60. The quantitative estimate of drug-likeness (QED) is 0.644. The smallest absolute Gasteiger partial charge is 0.270 e. The molecule has 1 aromatic carbocycles. The van der Waals surface area contributed by atoms with E-state index in [4.69, 9.17) is 0 Å². The van der Waals surface area contributed by atoms with Crippen LogP contribution in [0, 0.1) is 5.82 Å². The number of nitrogens with zero attached hydrogens (tertiary/aromatic N) is 1. The average molecular weight is 372 g/mol. The van der Waals surface area contributed by atoms with Crippen LogP contribution in [0.2, 0.25) is 0 Å². The van der Waals surface area contributed by atoms with Gasteiger partial charge in [0.05, 0.1) is 5.01 Å². The van der Waals surface area contributed by atoms with Gasteiger partial charge in [-0.25, -0.2) is 9.37 Å². The molecule has 1 aliphatic heterocycles. The molecule has 0 unspecified atom stereocenters. The third-order valence-electron chi connectivity index (χ3n) is 4.85. The lowest BCUT2D eigenvalue weighted by Crippen LogP contribution is -2.27. The van der Waals surface area contributed by atoms with E-state index < -0.39 is 0 Å². The molecule has 136 valence electrons. The second kappa shape index (κ2) is 7.55. The van der Waals surface area contributed by atoms with E-state index in [1.54, 1.807) is 17.4 Å². The monoisotopic (exact) mass is 372 g/mol. The maximum atomic E-state index is 13.4. The predicted octanol–water partition coefficient (Wildman–Crippen LogP) is 3.20. The molecular formula is C19H21FN4OS. The lowest BCUT2D eigenvalue weighted by atomic mass is 9.99. The summed E-state index contributed by atoms with van der Waals surface area (Å²) in [4.78, 5) is 20.0. The molecule has 0 saturated carbocycles. The summed E-state index contributed by atoms with van der Waals surface area (Å²) < 4.78 is 13.4. The first kappa shape index (κ1) is 17.2. The van der Waals surface area contributed by atoms with Crippen LogP contribution in [-0.4, -0.2) is 35.5 Å². The molecule has 1 saturated heterocycles. The summed E-state index contributed by atoms with van der Waals surface area (Å²) in [6.07, 6.45) is 4.66. The molecule has 5 nitrogen and oxygen atoms in total. The zero-order valence-corrected chi connectivity index (χ0v) is 15.2. The Morgan fingerprint density at radius 1 is 1.35 bits per heavy atom. The molecular weight excluding hydrogens is 351 g/mol. The number of carbonyl (C=O) groups excluding carboxylic acids is 1. The van der Waals surface area contributed by atoms with E-state index >= 15 is 0 Å². The van der Waals surface area contributed by atoms with E-state index in [9.17, 15) is 9.18 Å². The van der Waals surface area contributed by atoms with Crippen LogP contribution >= 0.6 is 11.3 Å². The molecule has 0 bridgehead atoms. The van der Waals surface area contributed by atoms with Gasteiger partial charge in [0.1, 0.15) is 11.5 Å². The highest BCUT2D eigenvalue weighted by atomic mass is 32.1. The van der Waals surface area contributed by atoms with Crippen LogP contribution in [0.25, 0.3) is 10.9 Å². The van der Waals surface area contributed by atoms with E-state index in [1.165, 1.54) is 12.1 Å². The first-order valence-electron chi connectivity index (χ1n) is 8.90. The number of rotatable bonds is 5. The summed E-state index contributed by atoms with van der Waals surface area (Å²) in [5, 5.41) is 10.0. The highest BCUT2D eigenvalue weighted by Gasteiger charge is 2.20. The number of thiazole rings is 1. The molecule has 0 aliphatic carbocycles. The minimum Gasteiger partial charge on any atom is -0.361 e. The zero-order valence-electron chi connectivity index (χ0n) is 14.3. The van der Waals surface area contributed by atoms with Gasteiger partial charge in [-0.2, -0.15) is 0 Å². The van der Waals surface area contributed by atoms with Crippen molar-refractivity contribution in [1.29, 1.82) is 0 Å². The van der Waals surface area contributed by atoms with Crippen LogP contribution in [0.1, 0.15) is 39.8 Å². The van der Waals surface area contributed by atoms with Crippen LogP contribution in [0.3, 0.4) is 0 Å². The number of hydrogen-bond donors (Lipinski definition) is 3. The van der Waals surface area contributed by atoms with Crippen molar-refractivity contribution in [3.8, 4) is 0 Å². The maximum absolute atomic E-state index is 13.4. The van der Waals surface area contributed by atoms with Crippen LogP contribution < -0.4 is 10.6 Å². The van der Waals surface area contributed by atoms with Gasteiger partial charge in [-0.05, 0) is 56.1 Å². The fourth-order valence-corrected chi connectivity index (χ4v) is 4.38. The fourth-order valence-electron chi connectivity index (χ4n) is 3.41. The Kier molecular flexibility index (Phi) is 4.99. The van der Waals surface area contributed by atoms with Crippen LogP contribution in [0.4, 0.5) is 4.39 Å². The minimum atomic E-state index is -0.254. The number of aromatic amines is 1. The van der Waals surface area contributed by atoms with E-state index in [0.29, 0.717) is 24.6 Å². The summed E-state index contributed by atoms with van der Waals surface area (Å²) in [6.45, 7) is 2.51. The Morgan fingerprint density at radius 2 is 2.19 bits per heavy atom. The highest BCUT2D eigenvalue weighted by molar-refractivity contribution is 7.09. The Labute approximate surface area is 155 Å². The summed E-state index contributed by atoms with van der Waals surface area (Å²) in [7, 11) is 0. The fraction of sp³-hybridized carbons (Fsp3) is 0.368. The van der Waals surface area contributed by atoms with Crippen LogP contribution in [0.5, 0.6) is 0 Å². The number of hydrogen-bond acceptors (Lipinski definition) is 4. The average Bonchev–Trinajstić information content (AvgIpc) is 3.30. The van der Waals surface area contributed by atoms with Crippen molar-refractivity contribution in [3.63, 3.8) is 0 Å². The van der Waals surface area contributed by atoms with Gasteiger partial charge in [-0.1, -0.05) is 0 Å². The molecule has 3 aromatic rings. The van der Waals surface area contributed by atoms with Crippen molar-refractivity contribution in [3.05, 3.63) is 51.9 Å². The number of aromatic nitrogens is 2. The van der Waals surface area contributed by atoms with Crippen molar-refractivity contribution in [2.75, 3.05) is 19.6 Å². The molecule has 26 heavy (non-hydrogen) atoms. The zero-order chi connectivity index (χ0) is 17.9. The van der Waals surface area contributed by atoms with Gasteiger partial charge in [0.25, 0.3) is 5.91 Å². The number of piperidine rings is 1. The maximum Gasteiger partial charge on any atom is 0.270 e. The van der Waals surface area contributed by atoms with Gasteiger partial charge in [-0.15, -0.1) is 11.3 Å². The number of nitrogens with one attached hydrogen (secondary N) is 3. The Bertz CT molecular complexity index is 913. The van der Waals surface area contributed by atoms with Crippen molar-refractivity contribution in [2.24, 2.45) is 0 Å². The van der Waals surface area contributed by atoms with Gasteiger partial charge in [-0.3, -0.25) is 4.79 Å². The minimum absolute atomic E-state index is 0.146. The Morgan fingerprint density at radius 3 is 3.04 bits per heavy atom. The largest absolute Gasteiger partial charge is 0.361 e. The van der Waals surface area contributed by atoms with Gasteiger partial charge >= 0.3 is 0 Å². The molecule has 2 aromatic heterocycles. The molecule has 0 radical (unpaired) electrons. The van der Waals surface area contributed by atoms with Crippen molar-refractivity contribution >= 4 is 28.1 Å². The molecule has 1 amide bonds. The number of carbonyl (C=O) groups is 1. The van der Waals surface area contributed by atoms with Crippen LogP contribution in [-0.2, 0) is 6.42 Å². The molecule has 4 rings (SSSR count). The van der Waals surface area contributed by atoms with Crippen molar-refractivity contribution in [2.45, 2.75) is 25.2 Å². The van der Waals surface area contributed by atoms with Crippen molar-refractivity contribution in [1.82, 2.24) is 20.6 Å². The summed E-state index contributed by atoms with van der Waals surface area (Å²) >= 11 is 1.57. The lowest BCUT2D eigenvalue weighted by Gasteiger charge is -2.20. The van der Waals surface area contributed by atoms with Crippen molar-refractivity contribution < 1.29 is 9.18 Å².